The summed E-state index contributed by atoms with van der Waals surface area (Å²) in [6, 6.07) is -1.06. The number of allylic oxidation sites excluding steroid dienone is 3. The number of amides is 1. The molecule has 4 aliphatic rings. The topological polar surface area (TPSA) is 186 Å². The number of likely N-dealkylation sites (N-methyl/N-ethyl adjacent to an activating group) is 1. The Morgan fingerprint density at radius 2 is 2.02 bits per heavy atom. The van der Waals surface area contributed by atoms with Crippen LogP contribution in [0.1, 0.15) is 26.7 Å². The Hall–Kier alpha value is -2.07. The molecule has 2 fully saturated rings. The first-order valence-corrected chi connectivity index (χ1v) is 19.6. The molecule has 49 heavy (non-hydrogen) atoms. The van der Waals surface area contributed by atoms with Gasteiger partial charge in [0.25, 0.3) is 0 Å². The number of fused-ring (bicyclic) bond motifs is 2. The normalized spacial score (nSPS) is 35.9. The van der Waals surface area contributed by atoms with E-state index >= 15 is 0 Å². The van der Waals surface area contributed by atoms with E-state index in [4.69, 9.17) is 28.4 Å². The lowest BCUT2D eigenvalue weighted by atomic mass is 9.75. The summed E-state index contributed by atoms with van der Waals surface area (Å²) < 4.78 is 35.5. The Morgan fingerprint density at radius 3 is 2.71 bits per heavy atom. The molecule has 270 valence electrons. The van der Waals surface area contributed by atoms with E-state index in [1.807, 2.05) is 13.2 Å². The number of ether oxygens (including phenoxy) is 6. The molecule has 2 aliphatic carbocycles. The third-order valence-electron chi connectivity index (χ3n) is 8.25. The molecule has 0 aromatic rings. The van der Waals surface area contributed by atoms with Gasteiger partial charge in [0, 0.05) is 30.4 Å². The highest BCUT2D eigenvalue weighted by Gasteiger charge is 2.50. The number of hydrogen-bond acceptors (Lipinski definition) is 16. The number of nitrogens with one attached hydrogen (secondary N) is 3. The molecule has 0 aromatic carbocycles. The molecule has 2 saturated heterocycles. The molecule has 0 saturated carbocycles. The van der Waals surface area contributed by atoms with Gasteiger partial charge in [0.15, 0.2) is 24.0 Å². The first-order valence-electron chi connectivity index (χ1n) is 15.6. The number of alkyl carbamates (subject to hydrolysis) is 1. The predicted molar refractivity (Wildman–Crippen MR) is 185 cm³/mol. The first kappa shape index (κ1) is 39.7. The summed E-state index contributed by atoms with van der Waals surface area (Å²) in [7, 11) is 7.30. The van der Waals surface area contributed by atoms with Crippen molar-refractivity contribution in [2.45, 2.75) is 87.5 Å². The molecule has 1 amide bonds. The summed E-state index contributed by atoms with van der Waals surface area (Å²) in [4.78, 5) is 26.2. The van der Waals surface area contributed by atoms with E-state index in [0.717, 1.165) is 7.11 Å². The number of methoxy groups -OCH3 is 2. The fourth-order valence-electron chi connectivity index (χ4n) is 5.92. The van der Waals surface area contributed by atoms with Gasteiger partial charge in [-0.1, -0.05) is 58.3 Å². The van der Waals surface area contributed by atoms with Crippen LogP contribution in [-0.2, 0) is 33.2 Å². The Balaban J connectivity index is 1.78. The van der Waals surface area contributed by atoms with Gasteiger partial charge in [-0.05, 0) is 41.7 Å². The molecular formula is C32H43N3O11S3. The summed E-state index contributed by atoms with van der Waals surface area (Å²) in [5, 5.41) is 39.1. The van der Waals surface area contributed by atoms with Crippen LogP contribution in [0.25, 0.3) is 0 Å². The zero-order valence-electron chi connectivity index (χ0n) is 27.8. The molecule has 2 bridgehead atoms. The third kappa shape index (κ3) is 9.84. The molecule has 0 aromatic heterocycles. The molecule has 0 spiro atoms. The van der Waals surface area contributed by atoms with Crippen LogP contribution in [0.4, 0.5) is 4.79 Å². The van der Waals surface area contributed by atoms with Crippen molar-refractivity contribution < 1.29 is 53.4 Å². The van der Waals surface area contributed by atoms with Gasteiger partial charge < -0.3 is 49.2 Å². The minimum Gasteiger partial charge on any atom is -0.453 e. The van der Waals surface area contributed by atoms with E-state index in [1.54, 1.807) is 30.9 Å². The van der Waals surface area contributed by atoms with Gasteiger partial charge in [-0.2, -0.15) is 5.48 Å². The second-order valence-corrected chi connectivity index (χ2v) is 15.7. The van der Waals surface area contributed by atoms with Gasteiger partial charge in [0.1, 0.15) is 18.3 Å². The SMILES string of the molecule is CCN[C@H]1CO[C@@H](O[C@H]2[C@H](O[C@@H]3C#C/C=C\C#C[C@@]4(O)CC(=O)C(NC(=O)OC)=C3/C4=C\CSSSC)O[C@H](C)[C@@H](NO)[C@@H]2O)C[C@@H]1OC. The van der Waals surface area contributed by atoms with E-state index in [-0.39, 0.29) is 35.6 Å². The summed E-state index contributed by atoms with van der Waals surface area (Å²) in [5.74, 6) is 11.1. The molecule has 10 atom stereocenters. The minimum atomic E-state index is -1.96. The Bertz CT molecular complexity index is 1410. The van der Waals surface area contributed by atoms with Crippen molar-refractivity contribution in [3.8, 4) is 23.7 Å². The number of hydroxylamine groups is 1. The van der Waals surface area contributed by atoms with Crippen molar-refractivity contribution in [2.75, 3.05) is 39.4 Å². The number of aliphatic hydroxyl groups is 2. The molecule has 4 rings (SSSR count). The zero-order chi connectivity index (χ0) is 35.6. The minimum absolute atomic E-state index is 0.0461. The molecule has 17 heteroatoms. The van der Waals surface area contributed by atoms with Gasteiger partial charge in [-0.15, -0.1) is 0 Å². The van der Waals surface area contributed by atoms with Crippen LogP contribution >= 0.6 is 31.4 Å². The highest BCUT2D eigenvalue weighted by molar-refractivity contribution is 9.09. The maximum absolute atomic E-state index is 13.6. The summed E-state index contributed by atoms with van der Waals surface area (Å²) in [6.45, 7) is 4.58. The van der Waals surface area contributed by atoms with Crippen LogP contribution in [0, 0.1) is 23.7 Å². The van der Waals surface area contributed by atoms with Crippen molar-refractivity contribution in [1.29, 1.82) is 0 Å². The molecule has 0 radical (unpaired) electrons. The van der Waals surface area contributed by atoms with E-state index in [1.165, 1.54) is 32.8 Å². The van der Waals surface area contributed by atoms with Gasteiger partial charge in [-0.25, -0.2) is 4.79 Å². The monoisotopic (exact) mass is 741 g/mol. The standard InChI is InChI=1S/C32H43N3O11S3/c1-6-33-20-17-43-24(15-23(20)41-3)46-29-28(37)26(35-40)18(2)44-30(29)45-22-11-9-7-8-10-13-32(39)16-21(36)27(34-31(38)42-4)25(22)19(32)12-14-48-49-47-5/h7-8,12,18,20,22-24,26,28-30,33,35,37,39-40H,6,14-17H2,1-5H3,(H,34,38)/b8-7-,19-12+/t18-,20+,22-,23+,24+,26-,28+,29-,30+,32-/m1/s1. The van der Waals surface area contributed by atoms with Gasteiger partial charge in [-0.3, -0.25) is 10.1 Å². The summed E-state index contributed by atoms with van der Waals surface area (Å²) in [5.41, 5.74) is 0.193. The number of carbonyl (C=O) groups excluding carboxylic acids is 2. The van der Waals surface area contributed by atoms with Crippen molar-refractivity contribution in [3.63, 3.8) is 0 Å². The van der Waals surface area contributed by atoms with E-state index in [9.17, 15) is 25.0 Å². The second kappa shape index (κ2) is 19.0. The maximum atomic E-state index is 13.6. The Kier molecular flexibility index (Phi) is 15.4. The summed E-state index contributed by atoms with van der Waals surface area (Å²) in [6.07, 6.45) is -1.79. The third-order valence-corrected chi connectivity index (χ3v) is 12.0. The molecule has 14 nitrogen and oxygen atoms in total. The first-order chi connectivity index (χ1) is 23.6. The number of aliphatic hydroxyl groups excluding tert-OH is 1. The van der Waals surface area contributed by atoms with E-state index < -0.39 is 66.9 Å². The zero-order valence-corrected chi connectivity index (χ0v) is 30.2. The van der Waals surface area contributed by atoms with Crippen LogP contribution in [0.3, 0.4) is 0 Å². The number of hydrogen-bond donors (Lipinski definition) is 6. The molecule has 6 N–H and O–H groups in total. The Morgan fingerprint density at radius 1 is 1.24 bits per heavy atom. The van der Waals surface area contributed by atoms with Gasteiger partial charge >= 0.3 is 6.09 Å². The Labute approximate surface area is 297 Å². The van der Waals surface area contributed by atoms with Crippen LogP contribution in [0.2, 0.25) is 0 Å². The van der Waals surface area contributed by atoms with Crippen molar-refractivity contribution >= 4 is 43.3 Å². The van der Waals surface area contributed by atoms with E-state index in [2.05, 4.69) is 39.8 Å². The van der Waals surface area contributed by atoms with Crippen molar-refractivity contribution in [1.82, 2.24) is 16.1 Å². The predicted octanol–water partition coefficient (Wildman–Crippen LogP) is 1.43. The number of ketones is 1. The molecular weight excluding hydrogens is 699 g/mol. The van der Waals surface area contributed by atoms with Crippen LogP contribution in [-0.4, -0.2) is 127 Å². The fourth-order valence-corrected chi connectivity index (χ4v) is 8.33. The average molecular weight is 742 g/mol. The largest absolute Gasteiger partial charge is 0.453 e. The van der Waals surface area contributed by atoms with Gasteiger partial charge in [0.05, 0.1) is 50.1 Å². The number of carbonyl (C=O) groups is 2. The van der Waals surface area contributed by atoms with Crippen LogP contribution < -0.4 is 16.1 Å². The maximum Gasteiger partial charge on any atom is 0.411 e. The lowest BCUT2D eigenvalue weighted by Gasteiger charge is -2.46. The van der Waals surface area contributed by atoms with E-state index in [0.29, 0.717) is 18.7 Å². The van der Waals surface area contributed by atoms with Crippen LogP contribution in [0.15, 0.2) is 35.1 Å². The number of Topliss-reactive ketones (excluding diaryl/α,β-unsaturated/α-hetero) is 1. The highest BCUT2D eigenvalue weighted by atomic mass is 33.5. The van der Waals surface area contributed by atoms with Crippen molar-refractivity contribution in [3.05, 3.63) is 35.1 Å². The van der Waals surface area contributed by atoms with Crippen LogP contribution in [0.5, 0.6) is 0 Å². The lowest BCUT2D eigenvalue weighted by molar-refractivity contribution is -0.329. The van der Waals surface area contributed by atoms with Crippen molar-refractivity contribution in [2.24, 2.45) is 0 Å². The highest BCUT2D eigenvalue weighted by Crippen LogP contribution is 2.41. The molecule has 0 unspecified atom stereocenters. The molecule has 2 aliphatic heterocycles. The number of rotatable bonds is 13. The second-order valence-electron chi connectivity index (χ2n) is 11.3. The lowest BCUT2D eigenvalue weighted by Crippen LogP contribution is -2.64. The smallest absolute Gasteiger partial charge is 0.411 e. The van der Waals surface area contributed by atoms with Gasteiger partial charge in [0.2, 0.25) is 0 Å². The quantitative estimate of drug-likeness (QED) is 0.0689. The summed E-state index contributed by atoms with van der Waals surface area (Å²) >= 11 is 0. The molecule has 2 heterocycles. The average Bonchev–Trinajstić information content (AvgIpc) is 3.08. The fraction of sp³-hybridized carbons (Fsp3) is 0.625.